The second-order valence-corrected chi connectivity index (χ2v) is 9.35. The summed E-state index contributed by atoms with van der Waals surface area (Å²) in [5.41, 5.74) is 0. The minimum absolute atomic E-state index is 0.0742. The molecule has 0 radical (unpaired) electrons. The van der Waals surface area contributed by atoms with Gasteiger partial charge in [0.25, 0.3) is 0 Å². The Morgan fingerprint density at radius 3 is 1.22 bits per heavy atom. The number of hydrogen-bond donors (Lipinski definition) is 1. The molecule has 3 aromatic carbocycles. The van der Waals surface area contributed by atoms with Gasteiger partial charge in [0.15, 0.2) is 0 Å². The topological polar surface area (TPSA) is 17.1 Å². The van der Waals surface area contributed by atoms with E-state index in [0.717, 1.165) is 0 Å². The fraction of sp³-hybridized carbons (Fsp3) is 0.0500. The maximum atomic E-state index is 12.1. The van der Waals surface area contributed by atoms with Crippen molar-refractivity contribution in [3.05, 3.63) is 91.0 Å². The average molecular weight is 337 g/mol. The van der Waals surface area contributed by atoms with E-state index in [1.807, 2.05) is 54.6 Å². The number of hydrogen-bond acceptors (Lipinski definition) is 1. The molecule has 1 nitrogen and oxygen atoms in total. The highest BCUT2D eigenvalue weighted by molar-refractivity contribution is 8.02. The van der Waals surface area contributed by atoms with Gasteiger partial charge >= 0.3 is 0 Å². The van der Waals surface area contributed by atoms with E-state index in [9.17, 15) is 4.79 Å². The lowest BCUT2D eigenvalue weighted by atomic mass is 10.4. The van der Waals surface area contributed by atoms with Crippen LogP contribution in [0.3, 0.4) is 0 Å². The molecular formula is C20H18OPS+. The summed E-state index contributed by atoms with van der Waals surface area (Å²) in [4.78, 5) is 12.1. The fourth-order valence-corrected chi connectivity index (χ4v) is 7.50. The summed E-state index contributed by atoms with van der Waals surface area (Å²) in [5.74, 6) is 0. The Hall–Kier alpha value is -1.89. The summed E-state index contributed by atoms with van der Waals surface area (Å²) in [7, 11) is -2.04. The van der Waals surface area contributed by atoms with Crippen LogP contribution >= 0.6 is 19.9 Å². The van der Waals surface area contributed by atoms with Crippen LogP contribution < -0.4 is 15.9 Å². The van der Waals surface area contributed by atoms with Crippen molar-refractivity contribution in [2.45, 2.75) is 0 Å². The lowest BCUT2D eigenvalue weighted by molar-refractivity contribution is -0.108. The number of carbonyl (C=O) groups is 1. The van der Waals surface area contributed by atoms with Crippen molar-refractivity contribution >= 4 is 40.9 Å². The minimum Gasteiger partial charge on any atom is -0.283 e. The molecule has 0 N–H and O–H groups in total. The van der Waals surface area contributed by atoms with E-state index in [4.69, 9.17) is 0 Å². The normalized spacial score (nSPS) is 11.2. The Labute approximate surface area is 143 Å². The summed E-state index contributed by atoms with van der Waals surface area (Å²) in [6, 6.07) is 31.1. The van der Waals surface area contributed by atoms with Crippen LogP contribution in [-0.4, -0.2) is 11.3 Å². The van der Waals surface area contributed by atoms with E-state index in [-0.39, 0.29) is 5.12 Å². The summed E-state index contributed by atoms with van der Waals surface area (Å²) >= 11 is 4.13. The highest BCUT2D eigenvalue weighted by atomic mass is 32.1. The Morgan fingerprint density at radius 1 is 0.652 bits per heavy atom. The van der Waals surface area contributed by atoms with Gasteiger partial charge in [-0.15, -0.1) is 12.6 Å². The number of rotatable bonds is 5. The summed E-state index contributed by atoms with van der Waals surface area (Å²) in [6.07, 6.45) is 0.425. The zero-order valence-corrected chi connectivity index (χ0v) is 14.5. The highest BCUT2D eigenvalue weighted by Crippen LogP contribution is 2.55. The van der Waals surface area contributed by atoms with Crippen LogP contribution in [-0.2, 0) is 4.79 Å². The molecule has 23 heavy (non-hydrogen) atoms. The molecule has 0 amide bonds. The standard InChI is InChI=1S/C20H17OPS/c21-20(23)16-22(17-10-4-1-5-11-17,18-12-6-2-7-13-18)19-14-8-3-9-15-19/h1-15H,16H2/p+1. The first-order chi connectivity index (χ1) is 11.2. The number of benzene rings is 3. The molecule has 0 aliphatic heterocycles. The maximum Gasteiger partial charge on any atom is 0.224 e. The van der Waals surface area contributed by atoms with Crippen LogP contribution in [0.1, 0.15) is 0 Å². The van der Waals surface area contributed by atoms with E-state index < -0.39 is 7.26 Å². The molecule has 3 rings (SSSR count). The number of thiol groups is 1. The third kappa shape index (κ3) is 3.24. The van der Waals surface area contributed by atoms with E-state index >= 15 is 0 Å². The van der Waals surface area contributed by atoms with Crippen LogP contribution in [0.2, 0.25) is 0 Å². The zero-order chi connectivity index (χ0) is 16.1. The monoisotopic (exact) mass is 337 g/mol. The predicted molar refractivity (Wildman–Crippen MR) is 104 cm³/mol. The smallest absolute Gasteiger partial charge is 0.224 e. The van der Waals surface area contributed by atoms with Gasteiger partial charge in [-0.3, -0.25) is 4.79 Å². The first-order valence-electron chi connectivity index (χ1n) is 7.50. The van der Waals surface area contributed by atoms with Crippen LogP contribution in [0.5, 0.6) is 0 Å². The van der Waals surface area contributed by atoms with Crippen molar-refractivity contribution in [3.63, 3.8) is 0 Å². The van der Waals surface area contributed by atoms with E-state index in [2.05, 4.69) is 49.0 Å². The van der Waals surface area contributed by atoms with Crippen LogP contribution in [0, 0.1) is 0 Å². The van der Waals surface area contributed by atoms with Crippen molar-refractivity contribution < 1.29 is 4.79 Å². The van der Waals surface area contributed by atoms with Gasteiger partial charge in [0, 0.05) is 0 Å². The minimum atomic E-state index is -2.04. The molecule has 114 valence electrons. The van der Waals surface area contributed by atoms with Crippen molar-refractivity contribution in [2.24, 2.45) is 0 Å². The van der Waals surface area contributed by atoms with Gasteiger partial charge in [0.2, 0.25) is 5.12 Å². The van der Waals surface area contributed by atoms with Crippen LogP contribution in [0.4, 0.5) is 0 Å². The summed E-state index contributed by atoms with van der Waals surface area (Å²) in [5, 5.41) is 3.55. The van der Waals surface area contributed by atoms with E-state index in [1.165, 1.54) is 15.9 Å². The molecule has 0 spiro atoms. The van der Waals surface area contributed by atoms with E-state index in [1.54, 1.807) is 0 Å². The van der Waals surface area contributed by atoms with Gasteiger partial charge in [-0.05, 0) is 36.4 Å². The zero-order valence-electron chi connectivity index (χ0n) is 12.7. The van der Waals surface area contributed by atoms with Gasteiger partial charge in [0.05, 0.1) is 0 Å². The Kier molecular flexibility index (Phi) is 4.95. The second kappa shape index (κ2) is 7.12. The molecule has 3 heteroatoms. The molecule has 0 bridgehead atoms. The molecule has 0 heterocycles. The van der Waals surface area contributed by atoms with Crippen molar-refractivity contribution in [1.29, 1.82) is 0 Å². The average Bonchev–Trinajstić information content (AvgIpc) is 2.62. The second-order valence-electron chi connectivity index (χ2n) is 5.37. The number of carbonyl (C=O) groups excluding carboxylic acids is 1. The molecule has 0 aliphatic rings. The lowest BCUT2D eigenvalue weighted by Gasteiger charge is -2.26. The molecule has 0 saturated heterocycles. The molecular weight excluding hydrogens is 319 g/mol. The molecule has 0 unspecified atom stereocenters. The molecule has 0 aliphatic carbocycles. The Balaban J connectivity index is 2.32. The van der Waals surface area contributed by atoms with Gasteiger partial charge in [-0.1, -0.05) is 54.6 Å². The quantitative estimate of drug-likeness (QED) is 0.557. The molecule has 0 saturated carbocycles. The SMILES string of the molecule is O=C(S)C[P+](c1ccccc1)(c1ccccc1)c1ccccc1. The first-order valence-corrected chi connectivity index (χ1v) is 9.92. The van der Waals surface area contributed by atoms with Crippen molar-refractivity contribution in [2.75, 3.05) is 6.16 Å². The Morgan fingerprint density at radius 2 is 0.957 bits per heavy atom. The lowest BCUT2D eigenvalue weighted by Crippen LogP contribution is -2.34. The summed E-state index contributed by atoms with van der Waals surface area (Å²) < 4.78 is 0. The van der Waals surface area contributed by atoms with Gasteiger partial charge in [-0.25, -0.2) is 0 Å². The maximum absolute atomic E-state index is 12.1. The summed E-state index contributed by atoms with van der Waals surface area (Å²) in [6.45, 7) is 0. The molecule has 0 aromatic heterocycles. The van der Waals surface area contributed by atoms with Gasteiger partial charge in [0.1, 0.15) is 29.3 Å². The van der Waals surface area contributed by atoms with Gasteiger partial charge in [-0.2, -0.15) is 0 Å². The largest absolute Gasteiger partial charge is 0.283 e. The molecule has 0 atom stereocenters. The third-order valence-electron chi connectivity index (χ3n) is 3.96. The first kappa shape index (κ1) is 16.0. The van der Waals surface area contributed by atoms with Crippen molar-refractivity contribution in [1.82, 2.24) is 0 Å². The predicted octanol–water partition coefficient (Wildman–Crippen LogP) is 3.44. The van der Waals surface area contributed by atoms with Gasteiger partial charge < -0.3 is 0 Å². The van der Waals surface area contributed by atoms with Crippen molar-refractivity contribution in [3.8, 4) is 0 Å². The molecule has 3 aromatic rings. The van der Waals surface area contributed by atoms with E-state index in [0.29, 0.717) is 6.16 Å². The third-order valence-corrected chi connectivity index (χ3v) is 8.67. The van der Waals surface area contributed by atoms with Crippen LogP contribution in [0.15, 0.2) is 91.0 Å². The van der Waals surface area contributed by atoms with Crippen LogP contribution in [0.25, 0.3) is 0 Å². The fourth-order valence-electron chi connectivity index (χ4n) is 2.97. The molecule has 0 fully saturated rings. The highest BCUT2D eigenvalue weighted by Gasteiger charge is 2.46. The Bertz CT molecular complexity index is 676.